The van der Waals surface area contributed by atoms with E-state index in [2.05, 4.69) is 30.3 Å². The molecule has 224 valence electrons. The highest BCUT2D eigenvalue weighted by Crippen LogP contribution is 2.20. The molecule has 0 unspecified atom stereocenters. The van der Waals surface area contributed by atoms with E-state index in [0.29, 0.717) is 18.2 Å². The first-order chi connectivity index (χ1) is 18.2. The van der Waals surface area contributed by atoms with Crippen LogP contribution in [0.1, 0.15) is 27.7 Å². The predicted octanol–water partition coefficient (Wildman–Crippen LogP) is 0.954. The Morgan fingerprint density at radius 1 is 0.923 bits per heavy atom. The van der Waals surface area contributed by atoms with Crippen LogP contribution in [0.2, 0.25) is 0 Å². The van der Waals surface area contributed by atoms with Crippen molar-refractivity contribution in [1.29, 1.82) is 0 Å². The van der Waals surface area contributed by atoms with Gasteiger partial charge in [0.25, 0.3) is 10.1 Å². The van der Waals surface area contributed by atoms with Crippen molar-refractivity contribution in [3.63, 3.8) is 0 Å². The lowest BCUT2D eigenvalue weighted by Crippen LogP contribution is -2.26. The summed E-state index contributed by atoms with van der Waals surface area (Å²) >= 11 is 0. The van der Waals surface area contributed by atoms with Crippen LogP contribution in [-0.2, 0) is 35.5 Å². The first kappa shape index (κ1) is 38.2. The maximum atomic E-state index is 11.3. The molecule has 0 aliphatic rings. The monoisotopic (exact) mass is 615 g/mol. The quantitative estimate of drug-likeness (QED) is 0.192. The lowest BCUT2D eigenvalue weighted by Gasteiger charge is -2.14. The van der Waals surface area contributed by atoms with E-state index in [4.69, 9.17) is 17.4 Å². The number of nitrogens with zero attached hydrogens (tertiary/aromatic N) is 4. The molecule has 0 bridgehead atoms. The number of ether oxygens (including phenoxy) is 1. The zero-order valence-corrected chi connectivity index (χ0v) is 25.3. The normalized spacial score (nSPS) is 10.4. The van der Waals surface area contributed by atoms with Gasteiger partial charge >= 0.3 is 10.6 Å². The van der Waals surface area contributed by atoms with E-state index < -0.39 is 30.8 Å². The van der Waals surface area contributed by atoms with Gasteiger partial charge in [-0.25, -0.2) is 13.1 Å². The fourth-order valence-electron chi connectivity index (χ4n) is 2.20. The van der Waals surface area contributed by atoms with Crippen LogP contribution < -0.4 is 20.3 Å². The Morgan fingerprint density at radius 2 is 1.46 bits per heavy atom. The molecule has 1 aromatic carbocycles. The van der Waals surface area contributed by atoms with Crippen LogP contribution in [-0.4, -0.2) is 95.6 Å². The third-order valence-electron chi connectivity index (χ3n) is 3.55. The fraction of sp³-hybridized carbons (Fsp3) is 0.550. The Bertz CT molecular complexity index is 1300. The van der Waals surface area contributed by atoms with Gasteiger partial charge < -0.3 is 20.3 Å². The molecule has 0 aliphatic heterocycles. The summed E-state index contributed by atoms with van der Waals surface area (Å²) < 4.78 is 86.8. The van der Waals surface area contributed by atoms with Crippen molar-refractivity contribution in [2.45, 2.75) is 32.6 Å². The largest absolute Gasteiger partial charge is 0.425 e. The molecule has 0 saturated carbocycles. The maximum absolute atomic E-state index is 11.3. The van der Waals surface area contributed by atoms with Gasteiger partial charge in [0.2, 0.25) is 27.9 Å². The molecule has 39 heavy (non-hydrogen) atoms. The second-order valence-electron chi connectivity index (χ2n) is 6.71. The summed E-state index contributed by atoms with van der Waals surface area (Å²) in [5.41, 5.74) is 0.360. The number of benzene rings is 1. The van der Waals surface area contributed by atoms with Gasteiger partial charge in [0.1, 0.15) is 0 Å². The first-order valence-electron chi connectivity index (χ1n) is 11.5. The third-order valence-corrected chi connectivity index (χ3v) is 5.13. The highest BCUT2D eigenvalue weighted by atomic mass is 32.2. The molecule has 0 aliphatic carbocycles. The van der Waals surface area contributed by atoms with E-state index in [0.717, 1.165) is 6.26 Å². The summed E-state index contributed by atoms with van der Waals surface area (Å²) in [4.78, 5) is 14.2. The van der Waals surface area contributed by atoms with Crippen LogP contribution in [0, 0.1) is 0 Å². The summed E-state index contributed by atoms with van der Waals surface area (Å²) in [6, 6.07) is 5.57. The second kappa shape index (κ2) is 20.0. The van der Waals surface area contributed by atoms with Gasteiger partial charge in [0.15, 0.2) is 0 Å². The molecule has 0 amide bonds. The highest BCUT2D eigenvalue weighted by molar-refractivity contribution is 7.88. The Labute approximate surface area is 231 Å². The fourth-order valence-corrected chi connectivity index (χ4v) is 3.18. The standard InChI is InChI=1S/C16H25N7O6S2.2C2H6.O3S/c1-23(2)16-21-14(17-7-9-29-10-8-18-30(3,24)25)20-15(22-16)19-12-5-4-6-13(11-12)31(26,27)28;2*1-2;1-4(2)3/h4-6,11,18H,7-10H2,1-3H3,(H,26,27,28)(H2,17,19,20,21,22);2*1-2H3;. The van der Waals surface area contributed by atoms with Crippen molar-refractivity contribution in [3.05, 3.63) is 24.3 Å². The van der Waals surface area contributed by atoms with Crippen molar-refractivity contribution in [1.82, 2.24) is 19.7 Å². The number of rotatable bonds is 12. The van der Waals surface area contributed by atoms with Gasteiger partial charge in [-0.3, -0.25) is 4.55 Å². The minimum absolute atomic E-state index is 0.159. The molecule has 1 aromatic heterocycles. The lowest BCUT2D eigenvalue weighted by molar-refractivity contribution is 0.149. The van der Waals surface area contributed by atoms with Gasteiger partial charge in [0, 0.05) is 32.9 Å². The van der Waals surface area contributed by atoms with Crippen molar-refractivity contribution >= 4 is 54.3 Å². The zero-order valence-electron chi connectivity index (χ0n) is 22.9. The van der Waals surface area contributed by atoms with E-state index in [1.165, 1.54) is 18.2 Å². The van der Waals surface area contributed by atoms with Crippen LogP contribution >= 0.6 is 0 Å². The van der Waals surface area contributed by atoms with E-state index in [1.54, 1.807) is 25.1 Å². The summed E-state index contributed by atoms with van der Waals surface area (Å²) in [6.45, 7) is 9.03. The summed E-state index contributed by atoms with van der Waals surface area (Å²) in [5.74, 6) is 0.765. The van der Waals surface area contributed by atoms with Gasteiger partial charge in [-0.05, 0) is 18.2 Å². The molecule has 2 aromatic rings. The molecular formula is C20H37N7O9S3. The van der Waals surface area contributed by atoms with Gasteiger partial charge in [-0.2, -0.15) is 23.4 Å². The maximum Gasteiger partial charge on any atom is 0.425 e. The van der Waals surface area contributed by atoms with Crippen molar-refractivity contribution in [2.75, 3.05) is 62.2 Å². The smallest absolute Gasteiger partial charge is 0.378 e. The van der Waals surface area contributed by atoms with Gasteiger partial charge in [0.05, 0.1) is 24.4 Å². The Morgan fingerprint density at radius 3 is 1.97 bits per heavy atom. The molecular weight excluding hydrogens is 578 g/mol. The average molecular weight is 616 g/mol. The number of nitrogens with one attached hydrogen (secondary N) is 3. The Hall–Kier alpha value is -2.97. The van der Waals surface area contributed by atoms with Gasteiger partial charge in [-0.15, -0.1) is 12.6 Å². The van der Waals surface area contributed by atoms with E-state index in [-0.39, 0.29) is 36.6 Å². The molecule has 2 rings (SSSR count). The molecule has 4 N–H and O–H groups in total. The summed E-state index contributed by atoms with van der Waals surface area (Å²) in [5, 5.41) is 5.86. The predicted molar refractivity (Wildman–Crippen MR) is 148 cm³/mol. The topological polar surface area (TPSA) is 227 Å². The minimum Gasteiger partial charge on any atom is -0.378 e. The van der Waals surface area contributed by atoms with Crippen LogP contribution in [0.15, 0.2) is 29.2 Å². The van der Waals surface area contributed by atoms with Crippen molar-refractivity contribution < 1.29 is 38.8 Å². The summed E-state index contributed by atoms with van der Waals surface area (Å²) in [7, 11) is -7.20. The molecule has 16 nitrogen and oxygen atoms in total. The molecule has 0 atom stereocenters. The molecule has 1 heterocycles. The van der Waals surface area contributed by atoms with E-state index >= 15 is 0 Å². The zero-order chi connectivity index (χ0) is 30.6. The average Bonchev–Trinajstić information content (AvgIpc) is 2.84. The molecule has 19 heteroatoms. The van der Waals surface area contributed by atoms with Crippen LogP contribution in [0.4, 0.5) is 23.5 Å². The van der Waals surface area contributed by atoms with Gasteiger partial charge in [-0.1, -0.05) is 33.8 Å². The highest BCUT2D eigenvalue weighted by Gasteiger charge is 2.12. The third kappa shape index (κ3) is 19.7. The number of anilines is 4. The Kier molecular flexibility index (Phi) is 19.6. The number of hydrogen-bond donors (Lipinski definition) is 4. The van der Waals surface area contributed by atoms with Crippen LogP contribution in [0.3, 0.4) is 0 Å². The first-order valence-corrected chi connectivity index (χ1v) is 15.8. The van der Waals surface area contributed by atoms with Crippen molar-refractivity contribution in [2.24, 2.45) is 0 Å². The van der Waals surface area contributed by atoms with Crippen LogP contribution in [0.25, 0.3) is 0 Å². The summed E-state index contributed by atoms with van der Waals surface area (Å²) in [6.07, 6.45) is 1.07. The molecule has 0 radical (unpaired) electrons. The SMILES string of the molecule is CC.CC.CN(C)c1nc(NCCOCCNS(C)(=O)=O)nc(Nc2cccc(S(=O)(=O)O)c2)n1.O=S(=O)=O. The second-order valence-corrected chi connectivity index (χ2v) is 10.4. The molecule has 0 fully saturated rings. The number of sulfonamides is 1. The lowest BCUT2D eigenvalue weighted by atomic mass is 10.3. The minimum atomic E-state index is -4.34. The van der Waals surface area contributed by atoms with Crippen LogP contribution in [0.5, 0.6) is 0 Å². The van der Waals surface area contributed by atoms with E-state index in [1.807, 2.05) is 27.7 Å². The number of hydrogen-bond acceptors (Lipinski definition) is 14. The molecule has 0 saturated heterocycles. The molecule has 0 spiro atoms. The van der Waals surface area contributed by atoms with Crippen molar-refractivity contribution in [3.8, 4) is 0 Å². The number of aromatic nitrogens is 3. The van der Waals surface area contributed by atoms with E-state index in [9.17, 15) is 21.4 Å². The Balaban J connectivity index is 0.